The van der Waals surface area contributed by atoms with Crippen LogP contribution < -0.4 is 4.74 Å². The standard InChI is InChI=1S/C31H23FN2O4/c1-3-34-27-12-11-19(30(35)22-10-5-4-7-18(22)2)14-23(27)24-15-25-26(17-37-29(25)16-28(24)34)33-38-31(36)20-8-6-9-21(32)13-20/h4-16H,3,17H2,1-2H3/b33-26+. The molecule has 0 atom stereocenters. The lowest BCUT2D eigenvalue weighted by atomic mass is 9.97. The molecule has 0 unspecified atom stereocenters. The maximum absolute atomic E-state index is 13.5. The Morgan fingerprint density at radius 1 is 0.947 bits per heavy atom. The van der Waals surface area contributed by atoms with Gasteiger partial charge in [0.1, 0.15) is 23.9 Å². The van der Waals surface area contributed by atoms with Crippen molar-refractivity contribution in [2.75, 3.05) is 6.61 Å². The number of aryl methyl sites for hydroxylation is 2. The van der Waals surface area contributed by atoms with Crippen LogP contribution in [0.25, 0.3) is 21.8 Å². The van der Waals surface area contributed by atoms with Gasteiger partial charge in [-0.05, 0) is 61.9 Å². The number of oxime groups is 1. The molecule has 0 N–H and O–H groups in total. The number of ketones is 1. The number of nitrogens with zero attached hydrogens (tertiary/aromatic N) is 2. The average Bonchev–Trinajstić information content (AvgIpc) is 3.47. The Kier molecular flexibility index (Phi) is 5.76. The van der Waals surface area contributed by atoms with E-state index in [9.17, 15) is 14.0 Å². The van der Waals surface area contributed by atoms with Gasteiger partial charge in [0, 0.05) is 45.6 Å². The molecule has 4 aromatic carbocycles. The number of ether oxygens (including phenoxy) is 1. The highest BCUT2D eigenvalue weighted by atomic mass is 19.1. The second-order valence-electron chi connectivity index (χ2n) is 9.20. The number of benzene rings is 4. The van der Waals surface area contributed by atoms with Crippen LogP contribution in [0.15, 0.2) is 84.0 Å². The largest absolute Gasteiger partial charge is 0.486 e. The van der Waals surface area contributed by atoms with Gasteiger partial charge in [-0.25, -0.2) is 9.18 Å². The molecule has 1 aromatic heterocycles. The van der Waals surface area contributed by atoms with E-state index >= 15 is 0 Å². The summed E-state index contributed by atoms with van der Waals surface area (Å²) in [6, 6.07) is 22.5. The highest BCUT2D eigenvalue weighted by Crippen LogP contribution is 2.37. The summed E-state index contributed by atoms with van der Waals surface area (Å²) in [6.07, 6.45) is 0. The third-order valence-corrected chi connectivity index (χ3v) is 6.91. The van der Waals surface area contributed by atoms with E-state index in [2.05, 4.69) is 16.6 Å². The van der Waals surface area contributed by atoms with Gasteiger partial charge < -0.3 is 14.1 Å². The summed E-state index contributed by atoms with van der Waals surface area (Å²) >= 11 is 0. The zero-order valence-electron chi connectivity index (χ0n) is 20.8. The van der Waals surface area contributed by atoms with E-state index in [0.29, 0.717) is 28.2 Å². The fourth-order valence-electron chi connectivity index (χ4n) is 5.00. The Labute approximate surface area is 217 Å². The number of halogens is 1. The predicted octanol–water partition coefficient (Wildman–Crippen LogP) is 6.45. The zero-order valence-corrected chi connectivity index (χ0v) is 20.8. The molecule has 0 amide bonds. The normalized spacial score (nSPS) is 13.6. The van der Waals surface area contributed by atoms with Crippen molar-refractivity contribution in [1.29, 1.82) is 0 Å². The summed E-state index contributed by atoms with van der Waals surface area (Å²) in [7, 11) is 0. The molecule has 0 spiro atoms. The Morgan fingerprint density at radius 3 is 2.55 bits per heavy atom. The van der Waals surface area contributed by atoms with Crippen molar-refractivity contribution < 1.29 is 23.6 Å². The van der Waals surface area contributed by atoms with E-state index in [0.717, 1.165) is 40.0 Å². The molecule has 188 valence electrons. The smallest absolute Gasteiger partial charge is 0.365 e. The van der Waals surface area contributed by atoms with Gasteiger partial charge in [-0.1, -0.05) is 35.5 Å². The first-order chi connectivity index (χ1) is 18.4. The summed E-state index contributed by atoms with van der Waals surface area (Å²) in [5.41, 5.74) is 5.42. The maximum atomic E-state index is 13.5. The Balaban J connectivity index is 1.42. The predicted molar refractivity (Wildman–Crippen MR) is 144 cm³/mol. The van der Waals surface area contributed by atoms with Gasteiger partial charge in [0.15, 0.2) is 5.78 Å². The van der Waals surface area contributed by atoms with Crippen molar-refractivity contribution in [3.05, 3.63) is 112 Å². The van der Waals surface area contributed by atoms with Crippen molar-refractivity contribution in [3.8, 4) is 5.75 Å². The highest BCUT2D eigenvalue weighted by molar-refractivity contribution is 6.17. The zero-order chi connectivity index (χ0) is 26.4. The topological polar surface area (TPSA) is 69.9 Å². The molecule has 7 heteroatoms. The Bertz CT molecular complexity index is 1800. The summed E-state index contributed by atoms with van der Waals surface area (Å²) in [4.78, 5) is 30.8. The molecule has 0 saturated heterocycles. The molecule has 2 heterocycles. The van der Waals surface area contributed by atoms with Crippen molar-refractivity contribution in [2.24, 2.45) is 5.16 Å². The molecule has 0 aliphatic carbocycles. The molecule has 1 aliphatic heterocycles. The molecule has 0 radical (unpaired) electrons. The minimum absolute atomic E-state index is 0.0293. The molecule has 6 nitrogen and oxygen atoms in total. The Morgan fingerprint density at radius 2 is 1.76 bits per heavy atom. The van der Waals surface area contributed by atoms with E-state index < -0.39 is 11.8 Å². The first-order valence-electron chi connectivity index (χ1n) is 12.3. The van der Waals surface area contributed by atoms with Gasteiger partial charge in [0.2, 0.25) is 0 Å². The molecule has 5 aromatic rings. The van der Waals surface area contributed by atoms with E-state index in [1.165, 1.54) is 18.2 Å². The molecule has 1 aliphatic rings. The number of carbonyl (C=O) groups is 2. The van der Waals surface area contributed by atoms with Crippen LogP contribution in [-0.2, 0) is 11.4 Å². The minimum Gasteiger partial charge on any atom is -0.486 e. The van der Waals surface area contributed by atoms with Crippen LogP contribution in [0, 0.1) is 12.7 Å². The lowest BCUT2D eigenvalue weighted by molar-refractivity contribution is 0.0515. The lowest BCUT2D eigenvalue weighted by Crippen LogP contribution is -2.07. The molecule has 38 heavy (non-hydrogen) atoms. The van der Waals surface area contributed by atoms with Crippen LogP contribution in [0.1, 0.15) is 44.3 Å². The molecule has 0 bridgehead atoms. The average molecular weight is 507 g/mol. The van der Waals surface area contributed by atoms with Crippen LogP contribution in [0.3, 0.4) is 0 Å². The third kappa shape index (κ3) is 3.93. The minimum atomic E-state index is -0.756. The van der Waals surface area contributed by atoms with E-state index in [4.69, 9.17) is 9.57 Å². The molecule has 6 rings (SSSR count). The quantitative estimate of drug-likeness (QED) is 0.156. The monoisotopic (exact) mass is 506 g/mol. The van der Waals surface area contributed by atoms with Crippen molar-refractivity contribution >= 4 is 39.3 Å². The fourth-order valence-corrected chi connectivity index (χ4v) is 5.00. The summed E-state index contributed by atoms with van der Waals surface area (Å²) in [6.45, 7) is 4.87. The second-order valence-corrected chi connectivity index (χ2v) is 9.20. The lowest BCUT2D eigenvalue weighted by Gasteiger charge is -2.06. The van der Waals surface area contributed by atoms with E-state index in [-0.39, 0.29) is 18.0 Å². The Hall–Kier alpha value is -4.78. The summed E-state index contributed by atoms with van der Waals surface area (Å²) in [5, 5.41) is 5.91. The van der Waals surface area contributed by atoms with Crippen molar-refractivity contribution in [2.45, 2.75) is 20.4 Å². The van der Waals surface area contributed by atoms with Crippen LogP contribution in [-0.4, -0.2) is 28.6 Å². The third-order valence-electron chi connectivity index (χ3n) is 6.91. The first kappa shape index (κ1) is 23.6. The van der Waals surface area contributed by atoms with Gasteiger partial charge in [-0.3, -0.25) is 4.79 Å². The molecular weight excluding hydrogens is 483 g/mol. The van der Waals surface area contributed by atoms with Crippen molar-refractivity contribution in [1.82, 2.24) is 4.57 Å². The van der Waals surface area contributed by atoms with E-state index in [1.807, 2.05) is 61.5 Å². The van der Waals surface area contributed by atoms with E-state index in [1.54, 1.807) is 0 Å². The van der Waals surface area contributed by atoms with Gasteiger partial charge in [-0.15, -0.1) is 0 Å². The first-order valence-corrected chi connectivity index (χ1v) is 12.3. The van der Waals surface area contributed by atoms with Crippen LogP contribution in [0.2, 0.25) is 0 Å². The van der Waals surface area contributed by atoms with Crippen LogP contribution in [0.4, 0.5) is 4.39 Å². The van der Waals surface area contributed by atoms with Gasteiger partial charge in [-0.2, -0.15) is 0 Å². The van der Waals surface area contributed by atoms with Crippen LogP contribution >= 0.6 is 0 Å². The molecular formula is C31H23FN2O4. The fraction of sp³-hybridized carbons (Fsp3) is 0.129. The van der Waals surface area contributed by atoms with Crippen LogP contribution in [0.5, 0.6) is 5.75 Å². The van der Waals surface area contributed by atoms with Gasteiger partial charge >= 0.3 is 5.97 Å². The number of hydrogen-bond acceptors (Lipinski definition) is 5. The molecule has 0 saturated carbocycles. The second kappa shape index (κ2) is 9.27. The van der Waals surface area contributed by atoms with Gasteiger partial charge in [0.05, 0.1) is 11.1 Å². The number of rotatable bonds is 5. The van der Waals surface area contributed by atoms with Gasteiger partial charge in [0.25, 0.3) is 0 Å². The number of aromatic nitrogens is 1. The summed E-state index contributed by atoms with van der Waals surface area (Å²) < 4.78 is 21.5. The number of fused-ring (bicyclic) bond motifs is 4. The maximum Gasteiger partial charge on any atom is 0.365 e. The SMILES string of the molecule is CCn1c2ccc(C(=O)c3ccccc3C)cc2c2cc3c(cc21)OC/C3=N\OC(=O)c1cccc(F)c1. The van der Waals surface area contributed by atoms with Crippen molar-refractivity contribution in [3.63, 3.8) is 0 Å². The number of hydrogen-bond donors (Lipinski definition) is 0. The molecule has 0 fully saturated rings. The number of carbonyl (C=O) groups excluding carboxylic acids is 2. The summed E-state index contributed by atoms with van der Waals surface area (Å²) in [5.74, 6) is -0.685. The highest BCUT2D eigenvalue weighted by Gasteiger charge is 2.25.